The maximum absolute atomic E-state index is 13.0. The normalized spacial score (nSPS) is 20.7. The highest BCUT2D eigenvalue weighted by atomic mass is 32.2. The summed E-state index contributed by atoms with van der Waals surface area (Å²) in [5, 5.41) is 21.2. The summed E-state index contributed by atoms with van der Waals surface area (Å²) in [7, 11) is -2.20. The number of rotatable bonds is 8. The van der Waals surface area contributed by atoms with Crippen molar-refractivity contribution < 1.29 is 37.7 Å². The van der Waals surface area contributed by atoms with Gasteiger partial charge in [-0.1, -0.05) is 12.1 Å². The zero-order valence-corrected chi connectivity index (χ0v) is 20.6. The van der Waals surface area contributed by atoms with Crippen LogP contribution in [0.3, 0.4) is 0 Å². The van der Waals surface area contributed by atoms with Crippen LogP contribution in [0.2, 0.25) is 0 Å². The van der Waals surface area contributed by atoms with Gasteiger partial charge in [0.25, 0.3) is 11.7 Å². The number of nitrogens with zero attached hydrogens (tertiary/aromatic N) is 2. The molecule has 2 aromatic rings. The minimum atomic E-state index is -3.74. The lowest BCUT2D eigenvalue weighted by molar-refractivity contribution is -0.140. The Kier molecular flexibility index (Phi) is 7.74. The van der Waals surface area contributed by atoms with E-state index in [4.69, 9.17) is 9.47 Å². The minimum absolute atomic E-state index is 0.0468. The number of carbonyl (C=O) groups excluding carboxylic acids is 2. The van der Waals surface area contributed by atoms with Crippen molar-refractivity contribution in [2.75, 3.05) is 46.6 Å². The summed E-state index contributed by atoms with van der Waals surface area (Å²) in [6.45, 7) is 1.71. The van der Waals surface area contributed by atoms with Crippen LogP contribution in [0.4, 0.5) is 0 Å². The number of morpholine rings is 1. The highest BCUT2D eigenvalue weighted by molar-refractivity contribution is 7.89. The number of ether oxygens (including phenoxy) is 2. The number of aliphatic hydroxyl groups excluding tert-OH is 1. The molecule has 4 rings (SSSR count). The Balaban J connectivity index is 1.72. The molecule has 2 heterocycles. The molecule has 2 aromatic carbocycles. The third kappa shape index (κ3) is 5.00. The molecule has 192 valence electrons. The molecule has 0 unspecified atom stereocenters. The number of aromatic hydroxyl groups is 1. The number of Topliss-reactive ketones (excluding diaryl/α,β-unsaturated/α-hetero) is 1. The summed E-state index contributed by atoms with van der Waals surface area (Å²) >= 11 is 0. The molecule has 10 nitrogen and oxygen atoms in total. The first kappa shape index (κ1) is 25.8. The van der Waals surface area contributed by atoms with E-state index in [1.54, 1.807) is 12.1 Å². The van der Waals surface area contributed by atoms with Crippen molar-refractivity contribution in [3.8, 4) is 5.75 Å². The standard InChI is InChI=1S/C25H28N2O8S/c1-34-13-3-10-27-22(18-4-2-5-19(28)16-18)21(24(30)25(27)31)23(29)17-6-8-20(9-7-17)36(32,33)26-11-14-35-15-12-26/h2,4-9,16,22,28-29H,3,10-15H2,1H3/b23-21+/t22-/m0/s1. The number of benzene rings is 2. The number of methoxy groups -OCH3 is 1. The molecule has 2 saturated heterocycles. The van der Waals surface area contributed by atoms with Gasteiger partial charge in [0.15, 0.2) is 0 Å². The molecule has 0 saturated carbocycles. The summed E-state index contributed by atoms with van der Waals surface area (Å²) in [5.74, 6) is -2.10. The van der Waals surface area contributed by atoms with E-state index in [9.17, 15) is 28.2 Å². The number of hydrogen-bond acceptors (Lipinski definition) is 8. The molecule has 0 spiro atoms. The molecular weight excluding hydrogens is 488 g/mol. The first-order valence-corrected chi connectivity index (χ1v) is 12.9. The smallest absolute Gasteiger partial charge is 0.295 e. The van der Waals surface area contributed by atoms with Crippen molar-refractivity contribution in [2.24, 2.45) is 0 Å². The summed E-state index contributed by atoms with van der Waals surface area (Å²) in [6.07, 6.45) is 0.465. The number of ketones is 1. The fourth-order valence-corrected chi connectivity index (χ4v) is 5.82. The Labute approximate surface area is 209 Å². The van der Waals surface area contributed by atoms with Crippen LogP contribution in [0, 0.1) is 0 Å². The van der Waals surface area contributed by atoms with Crippen LogP contribution in [0.5, 0.6) is 5.75 Å². The van der Waals surface area contributed by atoms with E-state index in [2.05, 4.69) is 0 Å². The Morgan fingerprint density at radius 2 is 1.81 bits per heavy atom. The van der Waals surface area contributed by atoms with E-state index in [1.165, 1.54) is 52.7 Å². The van der Waals surface area contributed by atoms with Crippen molar-refractivity contribution in [3.05, 3.63) is 65.2 Å². The van der Waals surface area contributed by atoms with Crippen molar-refractivity contribution in [1.82, 2.24) is 9.21 Å². The van der Waals surface area contributed by atoms with Crippen molar-refractivity contribution >= 4 is 27.5 Å². The monoisotopic (exact) mass is 516 g/mol. The van der Waals surface area contributed by atoms with Crippen LogP contribution < -0.4 is 0 Å². The van der Waals surface area contributed by atoms with Gasteiger partial charge in [-0.3, -0.25) is 9.59 Å². The van der Waals surface area contributed by atoms with Gasteiger partial charge in [0.05, 0.1) is 29.7 Å². The Hall–Kier alpha value is -3.25. The number of aliphatic hydroxyl groups is 1. The molecule has 36 heavy (non-hydrogen) atoms. The fraction of sp³-hybridized carbons (Fsp3) is 0.360. The Morgan fingerprint density at radius 1 is 1.11 bits per heavy atom. The third-order valence-electron chi connectivity index (χ3n) is 6.21. The molecule has 1 atom stereocenters. The van der Waals surface area contributed by atoms with Crippen LogP contribution in [0.25, 0.3) is 5.76 Å². The molecule has 0 radical (unpaired) electrons. The average Bonchev–Trinajstić information content (AvgIpc) is 3.14. The molecule has 2 aliphatic rings. The topological polar surface area (TPSA) is 134 Å². The van der Waals surface area contributed by atoms with Crippen LogP contribution in [-0.4, -0.2) is 86.1 Å². The lowest BCUT2D eigenvalue weighted by Crippen LogP contribution is -2.40. The SMILES string of the molecule is COCCCN1C(=O)C(=O)/C(=C(/O)c2ccc(S(=O)(=O)N3CCOCC3)cc2)[C@@H]1c1cccc(O)c1. The molecule has 1 amide bonds. The van der Waals surface area contributed by atoms with E-state index >= 15 is 0 Å². The molecule has 0 aliphatic carbocycles. The molecular formula is C25H28N2O8S. The van der Waals surface area contributed by atoms with Crippen LogP contribution in [-0.2, 0) is 29.1 Å². The van der Waals surface area contributed by atoms with Gasteiger partial charge in [-0.2, -0.15) is 4.31 Å². The van der Waals surface area contributed by atoms with Gasteiger partial charge < -0.3 is 24.6 Å². The van der Waals surface area contributed by atoms with Gasteiger partial charge in [-0.05, 0) is 48.4 Å². The van der Waals surface area contributed by atoms with Crippen molar-refractivity contribution in [3.63, 3.8) is 0 Å². The maximum atomic E-state index is 13.0. The second-order valence-electron chi connectivity index (χ2n) is 8.47. The van der Waals surface area contributed by atoms with Gasteiger partial charge in [-0.15, -0.1) is 0 Å². The Morgan fingerprint density at radius 3 is 2.44 bits per heavy atom. The molecule has 0 aromatic heterocycles. The molecule has 11 heteroatoms. The minimum Gasteiger partial charge on any atom is -0.508 e. The Bertz CT molecular complexity index is 1270. The molecule has 2 aliphatic heterocycles. The van der Waals surface area contributed by atoms with E-state index in [0.717, 1.165) is 0 Å². The molecule has 2 fully saturated rings. The zero-order valence-electron chi connectivity index (χ0n) is 19.8. The van der Waals surface area contributed by atoms with Gasteiger partial charge in [0.2, 0.25) is 10.0 Å². The summed E-state index contributed by atoms with van der Waals surface area (Å²) < 4.78 is 37.4. The first-order valence-electron chi connectivity index (χ1n) is 11.5. The second-order valence-corrected chi connectivity index (χ2v) is 10.4. The maximum Gasteiger partial charge on any atom is 0.295 e. The third-order valence-corrected chi connectivity index (χ3v) is 8.12. The quantitative estimate of drug-likeness (QED) is 0.235. The molecule has 2 N–H and O–H groups in total. The number of hydrogen-bond donors (Lipinski definition) is 2. The predicted octanol–water partition coefficient (Wildman–Crippen LogP) is 1.87. The van der Waals surface area contributed by atoms with Crippen molar-refractivity contribution in [2.45, 2.75) is 17.4 Å². The number of phenolic OH excluding ortho intramolecular Hbond substituents is 1. The van der Waals surface area contributed by atoms with Crippen LogP contribution in [0.15, 0.2) is 59.0 Å². The lowest BCUT2D eigenvalue weighted by atomic mass is 9.95. The van der Waals surface area contributed by atoms with E-state index in [0.29, 0.717) is 31.8 Å². The molecule has 0 bridgehead atoms. The van der Waals surface area contributed by atoms with Crippen molar-refractivity contribution in [1.29, 1.82) is 0 Å². The first-order chi connectivity index (χ1) is 17.3. The zero-order chi connectivity index (χ0) is 25.9. The van der Waals surface area contributed by atoms with Gasteiger partial charge in [0.1, 0.15) is 11.5 Å². The van der Waals surface area contributed by atoms with Gasteiger partial charge in [0, 0.05) is 38.9 Å². The lowest BCUT2D eigenvalue weighted by Gasteiger charge is -2.26. The number of phenols is 1. The number of amides is 1. The van der Waals surface area contributed by atoms with E-state index < -0.39 is 33.5 Å². The largest absolute Gasteiger partial charge is 0.508 e. The predicted molar refractivity (Wildman–Crippen MR) is 130 cm³/mol. The van der Waals surface area contributed by atoms with Crippen LogP contribution in [0.1, 0.15) is 23.6 Å². The number of likely N-dealkylation sites (tertiary alicyclic amines) is 1. The highest BCUT2D eigenvalue weighted by Crippen LogP contribution is 2.40. The summed E-state index contributed by atoms with van der Waals surface area (Å²) in [4.78, 5) is 27.3. The number of carbonyl (C=O) groups is 2. The average molecular weight is 517 g/mol. The van der Waals surface area contributed by atoms with Crippen LogP contribution >= 0.6 is 0 Å². The number of sulfonamides is 1. The second kappa shape index (κ2) is 10.8. The summed E-state index contributed by atoms with van der Waals surface area (Å²) in [6, 6.07) is 10.7. The van der Waals surface area contributed by atoms with E-state index in [1.807, 2.05) is 0 Å². The summed E-state index contributed by atoms with van der Waals surface area (Å²) in [5.41, 5.74) is 0.516. The highest BCUT2D eigenvalue weighted by Gasteiger charge is 2.46. The van der Waals surface area contributed by atoms with Gasteiger partial charge in [-0.25, -0.2) is 8.42 Å². The van der Waals surface area contributed by atoms with E-state index in [-0.39, 0.29) is 41.4 Å². The fourth-order valence-electron chi connectivity index (χ4n) is 4.41. The van der Waals surface area contributed by atoms with Gasteiger partial charge >= 0.3 is 0 Å².